The Morgan fingerprint density at radius 2 is 1.72 bits per heavy atom. The van der Waals surface area contributed by atoms with Gasteiger partial charge in [-0.15, -0.1) is 0 Å². The molecule has 8 heteroatoms. The first kappa shape index (κ1) is 26.2. The molecule has 0 aromatic heterocycles. The van der Waals surface area contributed by atoms with Gasteiger partial charge >= 0.3 is 6.03 Å². The Hall–Kier alpha value is -2.88. The third-order valence-electron chi connectivity index (χ3n) is 5.87. The van der Waals surface area contributed by atoms with Crippen LogP contribution < -0.4 is 10.6 Å². The maximum atomic E-state index is 12.4. The molecule has 1 aliphatic heterocycles. The maximum absolute atomic E-state index is 12.4. The molecule has 0 spiro atoms. The Balaban J connectivity index is 1.44. The average molecular weight is 509 g/mol. The standard InChI is InChI=1S/C28H32N2O5S/c31-13-14-36-19-25-16-26(22-11-9-21(18-32)10-12-22)35-27(34-25)23-7-4-8-24(15-23)30-28(33)29-17-20-5-2-1-3-6-20/h1-12,15,25-27,31-32H,13-14,16-19H2,(H2,29,30,33)/t25-,26+,27+/m1/s1. The summed E-state index contributed by atoms with van der Waals surface area (Å²) in [6.45, 7) is 0.561. The van der Waals surface area contributed by atoms with Crippen molar-refractivity contribution >= 4 is 23.5 Å². The highest BCUT2D eigenvalue weighted by Crippen LogP contribution is 2.39. The van der Waals surface area contributed by atoms with Crippen LogP contribution in [0.15, 0.2) is 78.9 Å². The summed E-state index contributed by atoms with van der Waals surface area (Å²) in [6.07, 6.45) is -0.154. The van der Waals surface area contributed by atoms with Crippen LogP contribution in [0.3, 0.4) is 0 Å². The molecule has 0 bridgehead atoms. The number of aliphatic hydroxyl groups excluding tert-OH is 2. The number of carbonyl (C=O) groups excluding carboxylic acids is 1. The lowest BCUT2D eigenvalue weighted by Crippen LogP contribution is -2.31. The fourth-order valence-corrected chi connectivity index (χ4v) is 4.79. The van der Waals surface area contributed by atoms with Crippen molar-refractivity contribution in [1.29, 1.82) is 0 Å². The number of carbonyl (C=O) groups is 1. The van der Waals surface area contributed by atoms with Crippen molar-refractivity contribution in [3.05, 3.63) is 101 Å². The third-order valence-corrected chi connectivity index (χ3v) is 6.95. The van der Waals surface area contributed by atoms with E-state index < -0.39 is 6.29 Å². The lowest BCUT2D eigenvalue weighted by molar-refractivity contribution is -0.245. The molecule has 3 aromatic rings. The second-order valence-electron chi connectivity index (χ2n) is 8.57. The van der Waals surface area contributed by atoms with Crippen molar-refractivity contribution in [2.24, 2.45) is 0 Å². The van der Waals surface area contributed by atoms with Crippen LogP contribution in [0.25, 0.3) is 0 Å². The first-order valence-corrected chi connectivity index (χ1v) is 13.2. The fraction of sp³-hybridized carbons (Fsp3) is 0.321. The van der Waals surface area contributed by atoms with Gasteiger partial charge in [0, 0.05) is 35.7 Å². The van der Waals surface area contributed by atoms with Crippen LogP contribution in [0.2, 0.25) is 0 Å². The predicted octanol–water partition coefficient (Wildman–Crippen LogP) is 4.77. The molecule has 4 N–H and O–H groups in total. The van der Waals surface area contributed by atoms with Gasteiger partial charge in [0.15, 0.2) is 6.29 Å². The van der Waals surface area contributed by atoms with Crippen molar-refractivity contribution < 1.29 is 24.5 Å². The van der Waals surface area contributed by atoms with Gasteiger partial charge in [-0.25, -0.2) is 4.79 Å². The monoisotopic (exact) mass is 508 g/mol. The van der Waals surface area contributed by atoms with Gasteiger partial charge in [0.05, 0.1) is 25.4 Å². The smallest absolute Gasteiger partial charge is 0.319 e. The largest absolute Gasteiger partial charge is 0.396 e. The van der Waals surface area contributed by atoms with E-state index in [4.69, 9.17) is 14.6 Å². The molecule has 36 heavy (non-hydrogen) atoms. The number of amides is 2. The van der Waals surface area contributed by atoms with Gasteiger partial charge in [-0.05, 0) is 28.8 Å². The van der Waals surface area contributed by atoms with Crippen LogP contribution >= 0.6 is 11.8 Å². The van der Waals surface area contributed by atoms with E-state index in [0.29, 0.717) is 24.4 Å². The van der Waals surface area contributed by atoms with Gasteiger partial charge in [-0.2, -0.15) is 11.8 Å². The summed E-state index contributed by atoms with van der Waals surface area (Å²) in [5.74, 6) is 1.39. The number of rotatable bonds is 10. The molecule has 1 aliphatic rings. The van der Waals surface area contributed by atoms with Gasteiger partial charge in [0.2, 0.25) is 0 Å². The minimum Gasteiger partial charge on any atom is -0.396 e. The summed E-state index contributed by atoms with van der Waals surface area (Å²) in [7, 11) is 0. The van der Waals surface area contributed by atoms with Crippen LogP contribution in [-0.2, 0) is 22.6 Å². The minimum atomic E-state index is -0.602. The van der Waals surface area contributed by atoms with Crippen LogP contribution in [0, 0.1) is 0 Å². The summed E-state index contributed by atoms with van der Waals surface area (Å²) in [4.78, 5) is 12.4. The number of urea groups is 1. The van der Waals surface area contributed by atoms with E-state index in [-0.39, 0.29) is 31.5 Å². The number of aliphatic hydroxyl groups is 2. The molecular weight excluding hydrogens is 476 g/mol. The van der Waals surface area contributed by atoms with Crippen LogP contribution in [0.1, 0.15) is 41.1 Å². The highest BCUT2D eigenvalue weighted by Gasteiger charge is 2.32. The third kappa shape index (κ3) is 7.56. The van der Waals surface area contributed by atoms with E-state index in [0.717, 1.165) is 28.0 Å². The number of thioether (sulfide) groups is 1. The molecule has 3 aromatic carbocycles. The molecule has 1 heterocycles. The quantitative estimate of drug-likeness (QED) is 0.295. The van der Waals surface area contributed by atoms with Crippen molar-refractivity contribution in [2.75, 3.05) is 23.4 Å². The van der Waals surface area contributed by atoms with Crippen molar-refractivity contribution in [1.82, 2.24) is 5.32 Å². The first-order valence-electron chi connectivity index (χ1n) is 12.0. The highest BCUT2D eigenvalue weighted by molar-refractivity contribution is 7.99. The minimum absolute atomic E-state index is 0.00329. The molecule has 0 aliphatic carbocycles. The maximum Gasteiger partial charge on any atom is 0.319 e. The second kappa shape index (κ2) is 13.4. The number of nitrogens with one attached hydrogen (secondary N) is 2. The highest BCUT2D eigenvalue weighted by atomic mass is 32.2. The lowest BCUT2D eigenvalue weighted by Gasteiger charge is -2.36. The molecule has 3 atom stereocenters. The molecule has 0 radical (unpaired) electrons. The van der Waals surface area contributed by atoms with Crippen molar-refractivity contribution in [2.45, 2.75) is 38.1 Å². The van der Waals surface area contributed by atoms with E-state index in [9.17, 15) is 9.90 Å². The number of benzene rings is 3. The molecule has 1 fully saturated rings. The number of hydrogen-bond donors (Lipinski definition) is 4. The molecule has 0 unspecified atom stereocenters. The van der Waals surface area contributed by atoms with Gasteiger partial charge in [0.25, 0.3) is 0 Å². The molecule has 4 rings (SSSR count). The van der Waals surface area contributed by atoms with Gasteiger partial charge < -0.3 is 30.3 Å². The Kier molecular flexibility index (Phi) is 9.77. The zero-order chi connectivity index (χ0) is 25.2. The van der Waals surface area contributed by atoms with Gasteiger partial charge in [-0.1, -0.05) is 66.7 Å². The van der Waals surface area contributed by atoms with Gasteiger partial charge in [-0.3, -0.25) is 0 Å². The van der Waals surface area contributed by atoms with E-state index in [1.54, 1.807) is 11.8 Å². The molecule has 1 saturated heterocycles. The van der Waals surface area contributed by atoms with E-state index in [1.165, 1.54) is 0 Å². The van der Waals surface area contributed by atoms with Crippen molar-refractivity contribution in [3.8, 4) is 0 Å². The Morgan fingerprint density at radius 3 is 2.47 bits per heavy atom. The zero-order valence-electron chi connectivity index (χ0n) is 20.0. The van der Waals surface area contributed by atoms with E-state index in [1.807, 2.05) is 78.9 Å². The van der Waals surface area contributed by atoms with Gasteiger partial charge in [0.1, 0.15) is 0 Å². The molecule has 2 amide bonds. The normalized spacial score (nSPS) is 19.6. The summed E-state index contributed by atoms with van der Waals surface area (Å²) in [5, 5.41) is 24.3. The molecule has 0 saturated carbocycles. The molecule has 190 valence electrons. The SMILES string of the molecule is O=C(NCc1ccccc1)Nc1cccc([C@H]2O[C@@H](CSCCO)C[C@@H](c3ccc(CO)cc3)O2)c1. The van der Waals surface area contributed by atoms with E-state index in [2.05, 4.69) is 10.6 Å². The zero-order valence-corrected chi connectivity index (χ0v) is 20.8. The Morgan fingerprint density at radius 1 is 0.917 bits per heavy atom. The number of hydrogen-bond acceptors (Lipinski definition) is 6. The van der Waals surface area contributed by atoms with Crippen molar-refractivity contribution in [3.63, 3.8) is 0 Å². The predicted molar refractivity (Wildman–Crippen MR) is 142 cm³/mol. The topological polar surface area (TPSA) is 100 Å². The molecule has 7 nitrogen and oxygen atoms in total. The summed E-state index contributed by atoms with van der Waals surface area (Å²) in [6, 6.07) is 24.7. The fourth-order valence-electron chi connectivity index (χ4n) is 4.02. The summed E-state index contributed by atoms with van der Waals surface area (Å²) < 4.78 is 12.7. The van der Waals surface area contributed by atoms with E-state index >= 15 is 0 Å². The summed E-state index contributed by atoms with van der Waals surface area (Å²) >= 11 is 1.65. The van der Waals surface area contributed by atoms with Crippen LogP contribution in [0.5, 0.6) is 0 Å². The Bertz CT molecular complexity index is 1100. The summed E-state index contributed by atoms with van der Waals surface area (Å²) in [5.41, 5.74) is 4.35. The average Bonchev–Trinajstić information content (AvgIpc) is 2.93. The molecular formula is C28H32N2O5S. The first-order chi connectivity index (χ1) is 17.6. The lowest BCUT2D eigenvalue weighted by atomic mass is 10.0. The second-order valence-corrected chi connectivity index (χ2v) is 9.72. The number of anilines is 1. The Labute approximate surface area is 215 Å². The van der Waals surface area contributed by atoms with Crippen LogP contribution in [-0.4, -0.2) is 40.5 Å². The number of ether oxygens (including phenoxy) is 2. The van der Waals surface area contributed by atoms with Crippen LogP contribution in [0.4, 0.5) is 10.5 Å².